The SMILES string of the molecule is C=CC(CC)CCc1ccc2c(c1)NC(CCC)=C1CCC=CC1=N2. The van der Waals surface area contributed by atoms with Gasteiger partial charge in [-0.15, -0.1) is 6.58 Å². The number of aliphatic imine (C=N–C) groups is 1. The molecule has 1 atom stereocenters. The lowest BCUT2D eigenvalue weighted by atomic mass is 9.95. The topological polar surface area (TPSA) is 24.4 Å². The van der Waals surface area contributed by atoms with Gasteiger partial charge in [-0.2, -0.15) is 0 Å². The number of nitrogens with zero attached hydrogens (tertiary/aromatic N) is 1. The lowest BCUT2D eigenvalue weighted by Crippen LogP contribution is -2.10. The molecule has 1 aliphatic carbocycles. The summed E-state index contributed by atoms with van der Waals surface area (Å²) < 4.78 is 0. The highest BCUT2D eigenvalue weighted by atomic mass is 15.0. The Hall–Kier alpha value is -2.09. The molecular weight excluding hydrogens is 304 g/mol. The van der Waals surface area contributed by atoms with Gasteiger partial charge in [0.1, 0.15) is 0 Å². The van der Waals surface area contributed by atoms with Gasteiger partial charge < -0.3 is 5.32 Å². The number of fused-ring (bicyclic) bond motifs is 2. The smallest absolute Gasteiger partial charge is 0.0871 e. The standard InChI is InChI=1S/C23H30N2/c1-4-9-20-19-10-7-8-11-21(19)24-22-15-14-18(16-23(22)25-20)13-12-17(5-2)6-3/h5,8,11,14-17,25H,2,4,6-7,9-10,12-13H2,1,3H3. The molecule has 1 aromatic carbocycles. The van der Waals surface area contributed by atoms with Gasteiger partial charge in [0.25, 0.3) is 0 Å². The van der Waals surface area contributed by atoms with E-state index in [1.54, 1.807) is 0 Å². The van der Waals surface area contributed by atoms with Crippen LogP contribution in [-0.4, -0.2) is 5.71 Å². The Balaban J connectivity index is 1.88. The number of hydrogen-bond acceptors (Lipinski definition) is 2. The predicted molar refractivity (Wildman–Crippen MR) is 110 cm³/mol. The van der Waals surface area contributed by atoms with Crippen molar-refractivity contribution in [3.05, 3.63) is 59.8 Å². The molecule has 132 valence electrons. The Morgan fingerprint density at radius 2 is 2.16 bits per heavy atom. The zero-order valence-electron chi connectivity index (χ0n) is 15.6. The van der Waals surface area contributed by atoms with Crippen LogP contribution in [0.15, 0.2) is 59.3 Å². The molecule has 0 bridgehead atoms. The average molecular weight is 335 g/mol. The largest absolute Gasteiger partial charge is 0.357 e. The second-order valence-corrected chi connectivity index (χ2v) is 7.06. The normalized spacial score (nSPS) is 17.1. The third-order valence-electron chi connectivity index (χ3n) is 5.26. The van der Waals surface area contributed by atoms with Crippen LogP contribution in [0.1, 0.15) is 57.9 Å². The summed E-state index contributed by atoms with van der Waals surface area (Å²) in [5.41, 5.74) is 7.51. The van der Waals surface area contributed by atoms with Crippen molar-refractivity contribution in [1.82, 2.24) is 0 Å². The summed E-state index contributed by atoms with van der Waals surface area (Å²) in [4.78, 5) is 4.96. The van der Waals surface area contributed by atoms with E-state index in [1.807, 2.05) is 0 Å². The first kappa shape index (κ1) is 17.7. The van der Waals surface area contributed by atoms with Gasteiger partial charge in [-0.25, -0.2) is 4.99 Å². The summed E-state index contributed by atoms with van der Waals surface area (Å²) >= 11 is 0. The van der Waals surface area contributed by atoms with E-state index in [4.69, 9.17) is 4.99 Å². The quantitative estimate of drug-likeness (QED) is 0.549. The Bertz CT molecular complexity index is 722. The van der Waals surface area contributed by atoms with Gasteiger partial charge in [-0.05, 0) is 73.8 Å². The first-order chi connectivity index (χ1) is 12.2. The highest BCUT2D eigenvalue weighted by Crippen LogP contribution is 2.35. The molecule has 1 aliphatic heterocycles. The molecule has 25 heavy (non-hydrogen) atoms. The summed E-state index contributed by atoms with van der Waals surface area (Å²) in [5, 5.41) is 3.73. The molecule has 0 amide bonds. The van der Waals surface area contributed by atoms with Crippen molar-refractivity contribution < 1.29 is 0 Å². The first-order valence-corrected chi connectivity index (χ1v) is 9.75. The van der Waals surface area contributed by atoms with Crippen LogP contribution in [-0.2, 0) is 6.42 Å². The molecule has 1 unspecified atom stereocenters. The first-order valence-electron chi connectivity index (χ1n) is 9.75. The Morgan fingerprint density at radius 3 is 2.92 bits per heavy atom. The van der Waals surface area contributed by atoms with E-state index in [9.17, 15) is 0 Å². The second kappa shape index (κ2) is 8.33. The Morgan fingerprint density at radius 1 is 1.28 bits per heavy atom. The van der Waals surface area contributed by atoms with E-state index in [0.717, 1.165) is 49.2 Å². The number of nitrogens with one attached hydrogen (secondary N) is 1. The predicted octanol–water partition coefficient (Wildman–Crippen LogP) is 6.73. The van der Waals surface area contributed by atoms with Crippen molar-refractivity contribution in [1.29, 1.82) is 0 Å². The lowest BCUT2D eigenvalue weighted by molar-refractivity contribution is 0.574. The van der Waals surface area contributed by atoms with Crippen LogP contribution in [0.2, 0.25) is 0 Å². The van der Waals surface area contributed by atoms with Crippen LogP contribution in [0.3, 0.4) is 0 Å². The van der Waals surface area contributed by atoms with Crippen LogP contribution in [0.4, 0.5) is 11.4 Å². The second-order valence-electron chi connectivity index (χ2n) is 7.06. The van der Waals surface area contributed by atoms with Crippen LogP contribution >= 0.6 is 0 Å². The highest BCUT2D eigenvalue weighted by molar-refractivity contribution is 6.12. The minimum Gasteiger partial charge on any atom is -0.357 e. The molecule has 0 saturated heterocycles. The summed E-state index contributed by atoms with van der Waals surface area (Å²) in [5.74, 6) is 0.609. The van der Waals surface area contributed by atoms with Crippen LogP contribution < -0.4 is 5.32 Å². The van der Waals surface area contributed by atoms with E-state index < -0.39 is 0 Å². The third-order valence-corrected chi connectivity index (χ3v) is 5.26. The Labute approximate surface area is 152 Å². The fourth-order valence-corrected chi connectivity index (χ4v) is 3.67. The molecule has 3 rings (SSSR count). The van der Waals surface area contributed by atoms with Gasteiger partial charge in [0, 0.05) is 5.70 Å². The molecular formula is C23H30N2. The molecule has 1 heterocycles. The van der Waals surface area contributed by atoms with Gasteiger partial charge in [0.05, 0.1) is 17.1 Å². The zero-order valence-corrected chi connectivity index (χ0v) is 15.6. The molecule has 2 aliphatic rings. The summed E-state index contributed by atoms with van der Waals surface area (Å²) in [7, 11) is 0. The van der Waals surface area contributed by atoms with Crippen molar-refractivity contribution in [2.45, 2.75) is 58.8 Å². The molecule has 0 aromatic heterocycles. The number of aryl methyl sites for hydroxylation is 1. The van der Waals surface area contributed by atoms with Crippen molar-refractivity contribution in [3.8, 4) is 0 Å². The maximum Gasteiger partial charge on any atom is 0.0871 e. The number of allylic oxidation sites excluding steroid dienone is 5. The van der Waals surface area contributed by atoms with E-state index in [2.05, 4.69) is 62.2 Å². The van der Waals surface area contributed by atoms with Crippen LogP contribution in [0.25, 0.3) is 0 Å². The lowest BCUT2D eigenvalue weighted by Gasteiger charge is -2.17. The molecule has 0 saturated carbocycles. The number of benzene rings is 1. The maximum atomic E-state index is 4.96. The van der Waals surface area contributed by atoms with Gasteiger partial charge in [0.15, 0.2) is 0 Å². The van der Waals surface area contributed by atoms with E-state index in [0.29, 0.717) is 5.92 Å². The molecule has 0 radical (unpaired) electrons. The summed E-state index contributed by atoms with van der Waals surface area (Å²) in [6.07, 6.45) is 14.4. The van der Waals surface area contributed by atoms with Crippen molar-refractivity contribution in [2.24, 2.45) is 10.9 Å². The van der Waals surface area contributed by atoms with Gasteiger partial charge in [-0.1, -0.05) is 38.5 Å². The molecule has 2 nitrogen and oxygen atoms in total. The summed E-state index contributed by atoms with van der Waals surface area (Å²) in [6.45, 7) is 8.43. The zero-order chi connectivity index (χ0) is 17.6. The van der Waals surface area contributed by atoms with Crippen molar-refractivity contribution in [2.75, 3.05) is 5.32 Å². The van der Waals surface area contributed by atoms with Crippen molar-refractivity contribution in [3.63, 3.8) is 0 Å². The maximum absolute atomic E-state index is 4.96. The molecule has 2 heteroatoms. The van der Waals surface area contributed by atoms with E-state index in [-0.39, 0.29) is 0 Å². The molecule has 1 N–H and O–H groups in total. The summed E-state index contributed by atoms with van der Waals surface area (Å²) in [6, 6.07) is 6.71. The molecule has 0 spiro atoms. The van der Waals surface area contributed by atoms with E-state index in [1.165, 1.54) is 29.7 Å². The molecule has 0 fully saturated rings. The van der Waals surface area contributed by atoms with E-state index >= 15 is 0 Å². The highest BCUT2D eigenvalue weighted by Gasteiger charge is 2.19. The van der Waals surface area contributed by atoms with Gasteiger partial charge in [-0.3, -0.25) is 0 Å². The van der Waals surface area contributed by atoms with Crippen molar-refractivity contribution >= 4 is 17.1 Å². The number of anilines is 1. The minimum atomic E-state index is 0.609. The fraction of sp³-hybridized carbons (Fsp3) is 0.435. The minimum absolute atomic E-state index is 0.609. The fourth-order valence-electron chi connectivity index (χ4n) is 3.67. The number of hydrogen-bond donors (Lipinski definition) is 1. The number of rotatable bonds is 7. The molecule has 1 aromatic rings. The Kier molecular flexibility index (Phi) is 5.91. The van der Waals surface area contributed by atoms with Crippen LogP contribution in [0.5, 0.6) is 0 Å². The van der Waals surface area contributed by atoms with Gasteiger partial charge in [0.2, 0.25) is 0 Å². The third kappa shape index (κ3) is 4.12. The monoisotopic (exact) mass is 334 g/mol. The van der Waals surface area contributed by atoms with Gasteiger partial charge >= 0.3 is 0 Å². The van der Waals surface area contributed by atoms with Crippen LogP contribution in [0, 0.1) is 5.92 Å². The average Bonchev–Trinajstić information content (AvgIpc) is 2.79.